The summed E-state index contributed by atoms with van der Waals surface area (Å²) >= 11 is 0. The van der Waals surface area contributed by atoms with Gasteiger partial charge in [-0.3, -0.25) is 10.1 Å². The van der Waals surface area contributed by atoms with Crippen LogP contribution in [0.3, 0.4) is 0 Å². The van der Waals surface area contributed by atoms with E-state index in [9.17, 15) is 9.59 Å². The second-order valence-corrected chi connectivity index (χ2v) is 5.32. The van der Waals surface area contributed by atoms with E-state index in [1.54, 1.807) is 0 Å². The Hall–Kier alpha value is -0.740. The summed E-state index contributed by atoms with van der Waals surface area (Å²) in [7, 11) is 0. The molecule has 3 N–H and O–H groups in total. The summed E-state index contributed by atoms with van der Waals surface area (Å²) < 4.78 is 0. The Balaban J connectivity index is 4.34. The smallest absolute Gasteiger partial charge is 0.154 e. The molecule has 0 saturated carbocycles. The number of ketones is 1. The van der Waals surface area contributed by atoms with Crippen LogP contribution in [0.4, 0.5) is 0 Å². The Bertz CT molecular complexity index is 250. The number of nitrogens with one attached hydrogen (secondary N) is 1. The first-order chi connectivity index (χ1) is 7.85. The Morgan fingerprint density at radius 1 is 1.35 bits per heavy atom. The van der Waals surface area contributed by atoms with Gasteiger partial charge in [0.2, 0.25) is 0 Å². The highest BCUT2D eigenvalue weighted by atomic mass is 16.1. The van der Waals surface area contributed by atoms with Crippen molar-refractivity contribution in [3.63, 3.8) is 0 Å². The highest BCUT2D eigenvalue weighted by molar-refractivity contribution is 5.89. The van der Waals surface area contributed by atoms with Crippen molar-refractivity contribution >= 4 is 12.1 Å². The maximum atomic E-state index is 11.9. The molecule has 0 spiro atoms. The molecule has 0 aliphatic carbocycles. The third-order valence-electron chi connectivity index (χ3n) is 2.82. The topological polar surface area (TPSA) is 72.2 Å². The molecule has 1 atom stereocenters. The Morgan fingerprint density at radius 2 is 1.94 bits per heavy atom. The monoisotopic (exact) mass is 242 g/mol. The number of hydrogen-bond donors (Lipinski definition) is 2. The molecule has 0 aromatic carbocycles. The molecule has 0 bridgehead atoms. The van der Waals surface area contributed by atoms with E-state index < -0.39 is 5.54 Å². The highest BCUT2D eigenvalue weighted by Gasteiger charge is 2.31. The van der Waals surface area contributed by atoms with Crippen LogP contribution < -0.4 is 11.1 Å². The van der Waals surface area contributed by atoms with Crippen molar-refractivity contribution < 1.29 is 9.59 Å². The lowest BCUT2D eigenvalue weighted by atomic mass is 9.89. The standard InChI is InChI=1S/C13H26N2O2/c1-10(2)12(17)13(3,4)15-11(9-16)7-5-6-8-14/h9-11,15H,5-8,14H2,1-4H3. The first-order valence-electron chi connectivity index (χ1n) is 6.32. The van der Waals surface area contributed by atoms with Gasteiger partial charge in [0.15, 0.2) is 5.78 Å². The van der Waals surface area contributed by atoms with E-state index in [4.69, 9.17) is 5.73 Å². The SMILES string of the molecule is CC(C)C(=O)C(C)(C)NC(C=O)CCCCN. The van der Waals surface area contributed by atoms with Gasteiger partial charge in [0.1, 0.15) is 6.29 Å². The average Bonchev–Trinajstić information content (AvgIpc) is 2.26. The van der Waals surface area contributed by atoms with Gasteiger partial charge >= 0.3 is 0 Å². The normalized spacial score (nSPS) is 13.8. The van der Waals surface area contributed by atoms with Gasteiger partial charge in [-0.25, -0.2) is 0 Å². The van der Waals surface area contributed by atoms with Crippen LogP contribution in [0.5, 0.6) is 0 Å². The molecule has 0 saturated heterocycles. The van der Waals surface area contributed by atoms with Crippen LogP contribution in [-0.4, -0.2) is 30.2 Å². The van der Waals surface area contributed by atoms with Crippen LogP contribution >= 0.6 is 0 Å². The number of hydrogen-bond acceptors (Lipinski definition) is 4. The van der Waals surface area contributed by atoms with Crippen molar-refractivity contribution in [2.75, 3.05) is 6.54 Å². The first kappa shape index (κ1) is 16.3. The number of rotatable bonds is 9. The summed E-state index contributed by atoms with van der Waals surface area (Å²) in [6.07, 6.45) is 3.42. The number of unbranched alkanes of at least 4 members (excludes halogenated alkanes) is 1. The van der Waals surface area contributed by atoms with Gasteiger partial charge in [-0.05, 0) is 33.2 Å². The number of nitrogens with two attached hydrogens (primary N) is 1. The van der Waals surface area contributed by atoms with Crippen LogP contribution in [0.1, 0.15) is 47.0 Å². The molecule has 0 fully saturated rings. The van der Waals surface area contributed by atoms with E-state index in [-0.39, 0.29) is 17.7 Å². The van der Waals surface area contributed by atoms with Gasteiger partial charge in [-0.15, -0.1) is 0 Å². The maximum absolute atomic E-state index is 11.9. The molecule has 1 unspecified atom stereocenters. The van der Waals surface area contributed by atoms with Crippen molar-refractivity contribution in [2.24, 2.45) is 11.7 Å². The number of Topliss-reactive ketones (excluding diaryl/α,β-unsaturated/α-hetero) is 1. The minimum absolute atomic E-state index is 0.0335. The van der Waals surface area contributed by atoms with E-state index in [0.717, 1.165) is 25.5 Å². The number of aldehydes is 1. The number of carbonyl (C=O) groups excluding carboxylic acids is 2. The molecule has 4 nitrogen and oxygen atoms in total. The van der Waals surface area contributed by atoms with Crippen LogP contribution in [-0.2, 0) is 9.59 Å². The summed E-state index contributed by atoms with van der Waals surface area (Å²) in [5, 5.41) is 3.12. The van der Waals surface area contributed by atoms with Gasteiger partial charge < -0.3 is 10.5 Å². The van der Waals surface area contributed by atoms with Gasteiger partial charge in [0.25, 0.3) is 0 Å². The van der Waals surface area contributed by atoms with Crippen molar-refractivity contribution in [3.05, 3.63) is 0 Å². The van der Waals surface area contributed by atoms with Gasteiger partial charge in [0.05, 0.1) is 11.6 Å². The van der Waals surface area contributed by atoms with E-state index >= 15 is 0 Å². The molecule has 0 radical (unpaired) electrons. The minimum Gasteiger partial charge on any atom is -0.330 e. The third-order valence-corrected chi connectivity index (χ3v) is 2.82. The van der Waals surface area contributed by atoms with Crippen LogP contribution in [0.2, 0.25) is 0 Å². The summed E-state index contributed by atoms with van der Waals surface area (Å²) in [4.78, 5) is 22.9. The molecule has 0 aliphatic heterocycles. The van der Waals surface area contributed by atoms with E-state index in [1.807, 2.05) is 27.7 Å². The molecule has 0 amide bonds. The molecule has 0 rings (SSSR count). The third kappa shape index (κ3) is 5.94. The molecule has 17 heavy (non-hydrogen) atoms. The van der Waals surface area contributed by atoms with Crippen LogP contribution in [0.15, 0.2) is 0 Å². The lowest BCUT2D eigenvalue weighted by Crippen LogP contribution is -2.53. The second-order valence-electron chi connectivity index (χ2n) is 5.32. The molecule has 0 aromatic heterocycles. The lowest BCUT2D eigenvalue weighted by Gasteiger charge is -2.29. The van der Waals surface area contributed by atoms with E-state index in [2.05, 4.69) is 5.32 Å². The van der Waals surface area contributed by atoms with Crippen molar-refractivity contribution in [1.29, 1.82) is 0 Å². The van der Waals surface area contributed by atoms with E-state index in [1.165, 1.54) is 0 Å². The zero-order valence-corrected chi connectivity index (χ0v) is 11.5. The molecule has 0 heterocycles. The predicted molar refractivity (Wildman–Crippen MR) is 69.8 cm³/mol. The van der Waals surface area contributed by atoms with E-state index in [0.29, 0.717) is 6.54 Å². The van der Waals surface area contributed by atoms with Crippen molar-refractivity contribution in [2.45, 2.75) is 58.5 Å². The summed E-state index contributed by atoms with van der Waals surface area (Å²) in [5.41, 5.74) is 4.76. The molecule has 0 aromatic rings. The van der Waals surface area contributed by atoms with Gasteiger partial charge in [0, 0.05) is 5.92 Å². The quantitative estimate of drug-likeness (QED) is 0.472. The fourth-order valence-corrected chi connectivity index (χ4v) is 1.94. The minimum atomic E-state index is -0.650. The highest BCUT2D eigenvalue weighted by Crippen LogP contribution is 2.13. The Morgan fingerprint density at radius 3 is 2.35 bits per heavy atom. The molecule has 100 valence electrons. The molecule has 0 aliphatic rings. The van der Waals surface area contributed by atoms with Gasteiger partial charge in [-0.2, -0.15) is 0 Å². The van der Waals surface area contributed by atoms with Crippen molar-refractivity contribution in [3.8, 4) is 0 Å². The average molecular weight is 242 g/mol. The lowest BCUT2D eigenvalue weighted by molar-refractivity contribution is -0.127. The fourth-order valence-electron chi connectivity index (χ4n) is 1.94. The zero-order chi connectivity index (χ0) is 13.5. The largest absolute Gasteiger partial charge is 0.330 e. The summed E-state index contributed by atoms with van der Waals surface area (Å²) in [5.74, 6) is 0.0945. The molecular formula is C13H26N2O2. The molecule has 4 heteroatoms. The Labute approximate surface area is 104 Å². The fraction of sp³-hybridized carbons (Fsp3) is 0.846. The molecular weight excluding hydrogens is 216 g/mol. The van der Waals surface area contributed by atoms with Crippen LogP contribution in [0.25, 0.3) is 0 Å². The predicted octanol–water partition coefficient (Wildman–Crippen LogP) is 1.28. The maximum Gasteiger partial charge on any atom is 0.154 e. The van der Waals surface area contributed by atoms with Crippen molar-refractivity contribution in [1.82, 2.24) is 5.32 Å². The Kier molecular flexibility index (Phi) is 7.23. The first-order valence-corrected chi connectivity index (χ1v) is 6.32. The summed E-state index contributed by atoms with van der Waals surface area (Å²) in [6.45, 7) is 8.04. The van der Waals surface area contributed by atoms with Crippen LogP contribution in [0, 0.1) is 5.92 Å². The van der Waals surface area contributed by atoms with Gasteiger partial charge in [-0.1, -0.05) is 20.3 Å². The second kappa shape index (κ2) is 7.56. The number of carbonyl (C=O) groups is 2. The zero-order valence-electron chi connectivity index (χ0n) is 11.5. The summed E-state index contributed by atoms with van der Waals surface area (Å²) in [6, 6.07) is -0.265.